The molecule has 0 aliphatic heterocycles. The highest BCUT2D eigenvalue weighted by Crippen LogP contribution is 2.31. The van der Waals surface area contributed by atoms with Crippen LogP contribution in [0.1, 0.15) is 39.6 Å². The highest BCUT2D eigenvalue weighted by Gasteiger charge is 2.21. The van der Waals surface area contributed by atoms with Crippen molar-refractivity contribution in [2.75, 3.05) is 0 Å². The van der Waals surface area contributed by atoms with E-state index in [0.717, 1.165) is 29.2 Å². The van der Waals surface area contributed by atoms with Crippen LogP contribution in [0.3, 0.4) is 0 Å². The summed E-state index contributed by atoms with van der Waals surface area (Å²) in [4.78, 5) is 23.7. The maximum Gasteiger partial charge on any atom is 0.341 e. The van der Waals surface area contributed by atoms with Gasteiger partial charge in [0, 0.05) is 12.7 Å². The first-order valence-corrected chi connectivity index (χ1v) is 8.30. The number of aliphatic hydroxyl groups excluding tert-OH is 1. The lowest BCUT2D eigenvalue weighted by molar-refractivity contribution is 0.0695. The number of halogens is 1. The average Bonchev–Trinajstić information content (AvgIpc) is 2.97. The van der Waals surface area contributed by atoms with Crippen molar-refractivity contribution in [2.24, 2.45) is 0 Å². The molecule has 1 unspecified atom stereocenters. The van der Waals surface area contributed by atoms with E-state index in [2.05, 4.69) is 0 Å². The maximum atomic E-state index is 14.2. The fourth-order valence-electron chi connectivity index (χ4n) is 3.62. The first-order chi connectivity index (χ1) is 12.5. The Morgan fingerprint density at radius 1 is 1.27 bits per heavy atom. The molecular formula is C20H16FNO4. The van der Waals surface area contributed by atoms with E-state index in [1.54, 1.807) is 10.6 Å². The van der Waals surface area contributed by atoms with Gasteiger partial charge in [-0.15, -0.1) is 0 Å². The van der Waals surface area contributed by atoms with Gasteiger partial charge >= 0.3 is 5.97 Å². The van der Waals surface area contributed by atoms with Gasteiger partial charge in [0.15, 0.2) is 0 Å². The Hall–Kier alpha value is -2.99. The highest BCUT2D eigenvalue weighted by molar-refractivity contribution is 5.92. The van der Waals surface area contributed by atoms with E-state index in [4.69, 9.17) is 0 Å². The van der Waals surface area contributed by atoms with E-state index >= 15 is 0 Å². The topological polar surface area (TPSA) is 79.5 Å². The Bertz CT molecular complexity index is 1100. The van der Waals surface area contributed by atoms with Crippen LogP contribution >= 0.6 is 0 Å². The summed E-state index contributed by atoms with van der Waals surface area (Å²) in [6.07, 6.45) is 2.28. The normalized spacial score (nSPS) is 16.0. The van der Waals surface area contributed by atoms with Crippen LogP contribution < -0.4 is 5.43 Å². The first-order valence-electron chi connectivity index (χ1n) is 8.30. The average molecular weight is 353 g/mol. The predicted octanol–water partition coefficient (Wildman–Crippen LogP) is 2.87. The van der Waals surface area contributed by atoms with Crippen molar-refractivity contribution in [3.05, 3.63) is 80.9 Å². The molecule has 5 nitrogen and oxygen atoms in total. The number of carboxylic acid groups (broad SMARTS) is 1. The van der Waals surface area contributed by atoms with Crippen molar-refractivity contribution in [1.29, 1.82) is 0 Å². The second-order valence-electron chi connectivity index (χ2n) is 6.53. The van der Waals surface area contributed by atoms with Crippen LogP contribution in [0.4, 0.5) is 4.39 Å². The molecule has 1 heterocycles. The third kappa shape index (κ3) is 2.59. The fourth-order valence-corrected chi connectivity index (χ4v) is 3.62. The molecule has 1 atom stereocenters. The van der Waals surface area contributed by atoms with Crippen molar-refractivity contribution in [3.8, 4) is 0 Å². The Kier molecular flexibility index (Phi) is 3.85. The molecule has 3 aromatic rings. The van der Waals surface area contributed by atoms with Crippen molar-refractivity contribution >= 4 is 16.9 Å². The van der Waals surface area contributed by atoms with Crippen LogP contribution in [0.2, 0.25) is 0 Å². The fraction of sp³-hybridized carbons (Fsp3) is 0.200. The zero-order valence-corrected chi connectivity index (χ0v) is 13.8. The lowest BCUT2D eigenvalue weighted by atomic mass is 10.0. The van der Waals surface area contributed by atoms with Crippen LogP contribution in [0, 0.1) is 5.82 Å². The van der Waals surface area contributed by atoms with Gasteiger partial charge in [0.05, 0.1) is 17.0 Å². The van der Waals surface area contributed by atoms with Crippen LogP contribution in [0.25, 0.3) is 10.9 Å². The highest BCUT2D eigenvalue weighted by atomic mass is 19.1. The molecule has 1 aromatic heterocycles. The molecule has 26 heavy (non-hydrogen) atoms. The molecule has 1 aliphatic rings. The summed E-state index contributed by atoms with van der Waals surface area (Å²) >= 11 is 0. The quantitative estimate of drug-likeness (QED) is 0.759. The summed E-state index contributed by atoms with van der Waals surface area (Å²) in [6, 6.07) is 9.93. The van der Waals surface area contributed by atoms with E-state index in [9.17, 15) is 24.2 Å². The number of pyridine rings is 1. The van der Waals surface area contributed by atoms with E-state index < -0.39 is 28.9 Å². The Balaban J connectivity index is 1.87. The van der Waals surface area contributed by atoms with Crippen molar-refractivity contribution in [3.63, 3.8) is 0 Å². The molecular weight excluding hydrogens is 337 g/mol. The number of benzene rings is 2. The van der Waals surface area contributed by atoms with Gasteiger partial charge in [-0.1, -0.05) is 24.3 Å². The van der Waals surface area contributed by atoms with E-state index in [1.165, 1.54) is 12.3 Å². The second kappa shape index (κ2) is 6.07. The number of aromatic carboxylic acids is 1. The number of hydrogen-bond acceptors (Lipinski definition) is 3. The zero-order valence-electron chi connectivity index (χ0n) is 13.8. The predicted molar refractivity (Wildman–Crippen MR) is 94.0 cm³/mol. The van der Waals surface area contributed by atoms with Crippen molar-refractivity contribution < 1.29 is 19.4 Å². The minimum atomic E-state index is -1.38. The zero-order chi connectivity index (χ0) is 18.4. The van der Waals surface area contributed by atoms with E-state index in [1.807, 2.05) is 18.2 Å². The number of hydrogen-bond donors (Lipinski definition) is 2. The van der Waals surface area contributed by atoms with Crippen LogP contribution in [0.15, 0.2) is 47.4 Å². The smallest absolute Gasteiger partial charge is 0.341 e. The molecule has 0 bridgehead atoms. The minimum absolute atomic E-state index is 0.219. The monoisotopic (exact) mass is 353 g/mol. The Morgan fingerprint density at radius 3 is 2.85 bits per heavy atom. The SMILES string of the molecule is O=C(O)c1cn(Cc2ccc3c(c2)CCC3O)c2cccc(F)c2c1=O. The molecule has 0 amide bonds. The lowest BCUT2D eigenvalue weighted by Crippen LogP contribution is -2.20. The van der Waals surface area contributed by atoms with Gasteiger partial charge < -0.3 is 14.8 Å². The molecule has 0 radical (unpaired) electrons. The molecule has 132 valence electrons. The second-order valence-corrected chi connectivity index (χ2v) is 6.53. The molecule has 0 fully saturated rings. The van der Waals surface area contributed by atoms with E-state index in [-0.39, 0.29) is 5.39 Å². The van der Waals surface area contributed by atoms with Gasteiger partial charge in [-0.3, -0.25) is 4.79 Å². The summed E-state index contributed by atoms with van der Waals surface area (Å²) in [6.45, 7) is 0.296. The van der Waals surface area contributed by atoms with Crippen molar-refractivity contribution in [1.82, 2.24) is 4.57 Å². The summed E-state index contributed by atoms with van der Waals surface area (Å²) in [7, 11) is 0. The number of carbonyl (C=O) groups is 1. The Labute approximate surface area is 147 Å². The number of rotatable bonds is 3. The summed E-state index contributed by atoms with van der Waals surface area (Å²) in [5, 5.41) is 19.0. The van der Waals surface area contributed by atoms with Gasteiger partial charge in [0.2, 0.25) is 5.43 Å². The number of fused-ring (bicyclic) bond motifs is 2. The van der Waals surface area contributed by atoms with Crippen molar-refractivity contribution in [2.45, 2.75) is 25.5 Å². The largest absolute Gasteiger partial charge is 0.477 e. The molecule has 4 rings (SSSR count). The molecule has 6 heteroatoms. The van der Waals surface area contributed by atoms with Gasteiger partial charge in [-0.05, 0) is 41.7 Å². The van der Waals surface area contributed by atoms with Gasteiger partial charge in [0.25, 0.3) is 0 Å². The standard InChI is InChI=1S/C20H16FNO4/c21-15-2-1-3-16-18(15)19(24)14(20(25)26)10-22(16)9-11-4-6-13-12(8-11)5-7-17(13)23/h1-4,6,8,10,17,23H,5,7,9H2,(H,25,26). The van der Waals surface area contributed by atoms with Crippen LogP contribution in [0.5, 0.6) is 0 Å². The maximum absolute atomic E-state index is 14.2. The lowest BCUT2D eigenvalue weighted by Gasteiger charge is -2.14. The van der Waals surface area contributed by atoms with E-state index in [0.29, 0.717) is 18.5 Å². The Morgan fingerprint density at radius 2 is 2.08 bits per heavy atom. The summed E-state index contributed by atoms with van der Waals surface area (Å²) < 4.78 is 15.8. The molecule has 0 saturated carbocycles. The van der Waals surface area contributed by atoms with Gasteiger partial charge in [-0.2, -0.15) is 0 Å². The number of nitrogens with zero attached hydrogens (tertiary/aromatic N) is 1. The first kappa shape index (κ1) is 16.5. The van der Waals surface area contributed by atoms with Crippen LogP contribution in [-0.2, 0) is 13.0 Å². The number of aliphatic hydroxyl groups is 1. The minimum Gasteiger partial charge on any atom is -0.477 e. The molecule has 0 saturated heterocycles. The molecule has 1 aliphatic carbocycles. The summed E-state index contributed by atoms with van der Waals surface area (Å²) in [5.41, 5.74) is 1.93. The third-order valence-electron chi connectivity index (χ3n) is 4.89. The molecule has 2 aromatic carbocycles. The third-order valence-corrected chi connectivity index (χ3v) is 4.89. The van der Waals surface area contributed by atoms with Gasteiger partial charge in [-0.25, -0.2) is 9.18 Å². The number of carboxylic acids is 1. The number of aryl methyl sites for hydroxylation is 1. The van der Waals surface area contributed by atoms with Gasteiger partial charge in [0.1, 0.15) is 11.4 Å². The van der Waals surface area contributed by atoms with Crippen LogP contribution in [-0.4, -0.2) is 20.7 Å². The number of aromatic nitrogens is 1. The molecule has 0 spiro atoms. The molecule has 2 N–H and O–H groups in total. The summed E-state index contributed by atoms with van der Waals surface area (Å²) in [5.74, 6) is -2.12.